The number of amides is 1. The van der Waals surface area contributed by atoms with Crippen LogP contribution in [0.15, 0.2) is 87.1 Å². The molecule has 0 atom stereocenters. The molecule has 1 amide bonds. The fraction of sp³-hybridized carbons (Fsp3) is 0.136. The molecular formula is C22H19BrN2O3S. The van der Waals surface area contributed by atoms with Gasteiger partial charge in [0.25, 0.3) is 0 Å². The quantitative estimate of drug-likeness (QED) is 0.627. The molecule has 1 aliphatic heterocycles. The summed E-state index contributed by atoms with van der Waals surface area (Å²) in [6.45, 7) is 1.49. The van der Waals surface area contributed by atoms with Crippen molar-refractivity contribution in [2.45, 2.75) is 9.79 Å². The summed E-state index contributed by atoms with van der Waals surface area (Å²) in [6, 6.07) is 21.0. The number of carbonyl (C=O) groups is 1. The molecule has 1 saturated heterocycles. The third-order valence-corrected chi connectivity index (χ3v) is 7.11. The van der Waals surface area contributed by atoms with Gasteiger partial charge in [-0.1, -0.05) is 46.3 Å². The Bertz CT molecular complexity index is 1160. The lowest BCUT2D eigenvalue weighted by Gasteiger charge is -2.29. The van der Waals surface area contributed by atoms with Crippen molar-refractivity contribution in [3.8, 4) is 11.1 Å². The summed E-state index contributed by atoms with van der Waals surface area (Å²) < 4.78 is 27.2. The van der Waals surface area contributed by atoms with E-state index in [4.69, 9.17) is 0 Å². The van der Waals surface area contributed by atoms with Crippen LogP contribution in [0.1, 0.15) is 0 Å². The number of carbonyl (C=O) groups excluding carboxylic acids is 1. The second-order valence-electron chi connectivity index (χ2n) is 6.73. The number of nitrogens with zero attached hydrogens (tertiary/aromatic N) is 1. The highest BCUT2D eigenvalue weighted by Gasteiger charge is 2.25. The first kappa shape index (κ1) is 19.8. The van der Waals surface area contributed by atoms with Gasteiger partial charge in [-0.2, -0.15) is 0 Å². The van der Waals surface area contributed by atoms with Gasteiger partial charge >= 0.3 is 0 Å². The van der Waals surface area contributed by atoms with Crippen molar-refractivity contribution in [1.82, 2.24) is 5.32 Å². The van der Waals surface area contributed by atoms with E-state index in [1.165, 1.54) is 0 Å². The number of nitrogens with one attached hydrogen (secondary N) is 1. The maximum absolute atomic E-state index is 13.1. The summed E-state index contributed by atoms with van der Waals surface area (Å²) in [6.07, 6.45) is 0. The fourth-order valence-corrected chi connectivity index (χ4v) is 5.11. The van der Waals surface area contributed by atoms with Crippen LogP contribution in [0.5, 0.6) is 0 Å². The maximum atomic E-state index is 13.1. The first-order valence-electron chi connectivity index (χ1n) is 9.18. The molecule has 0 saturated carbocycles. The third kappa shape index (κ3) is 3.99. The van der Waals surface area contributed by atoms with Crippen LogP contribution in [0.3, 0.4) is 0 Å². The molecule has 0 aromatic heterocycles. The molecule has 0 spiro atoms. The minimum Gasteiger partial charge on any atom is -0.309 e. The number of benzene rings is 3. The van der Waals surface area contributed by atoms with Crippen molar-refractivity contribution in [2.24, 2.45) is 0 Å². The molecule has 0 unspecified atom stereocenters. The lowest BCUT2D eigenvalue weighted by Crippen LogP contribution is -2.48. The van der Waals surface area contributed by atoms with Gasteiger partial charge in [0.05, 0.1) is 22.0 Å². The van der Waals surface area contributed by atoms with Crippen molar-refractivity contribution in [3.05, 3.63) is 77.3 Å². The van der Waals surface area contributed by atoms with Gasteiger partial charge in [-0.25, -0.2) is 8.42 Å². The SMILES string of the molecule is O=C1CNCCN1c1ccc(S(=O)(=O)c2ccccc2)cc1-c1cccc(Br)c1. The maximum Gasteiger partial charge on any atom is 0.241 e. The average Bonchev–Trinajstić information content (AvgIpc) is 2.74. The molecule has 5 nitrogen and oxygen atoms in total. The largest absolute Gasteiger partial charge is 0.309 e. The number of sulfone groups is 1. The molecule has 0 aliphatic carbocycles. The fourth-order valence-electron chi connectivity index (χ4n) is 3.40. The molecule has 3 aromatic carbocycles. The summed E-state index contributed by atoms with van der Waals surface area (Å²) in [7, 11) is -3.67. The first-order valence-corrected chi connectivity index (χ1v) is 11.5. The van der Waals surface area contributed by atoms with Crippen LogP contribution in [0.2, 0.25) is 0 Å². The molecule has 1 aliphatic rings. The Morgan fingerprint density at radius 2 is 1.69 bits per heavy atom. The van der Waals surface area contributed by atoms with Crippen molar-refractivity contribution in [2.75, 3.05) is 24.5 Å². The standard InChI is InChI=1S/C22H19BrN2O3S/c23-17-6-4-5-16(13-17)20-14-19(29(27,28)18-7-2-1-3-8-18)9-10-21(20)25-12-11-24-15-22(25)26/h1-10,13-14,24H,11-12,15H2. The zero-order chi connectivity index (χ0) is 20.4. The molecule has 1 N–H and O–H groups in total. The van der Waals surface area contributed by atoms with Crippen LogP contribution in [-0.2, 0) is 14.6 Å². The minimum atomic E-state index is -3.67. The summed E-state index contributed by atoms with van der Waals surface area (Å²) in [5.74, 6) is -0.0360. The molecule has 7 heteroatoms. The van der Waals surface area contributed by atoms with Gasteiger partial charge < -0.3 is 10.2 Å². The molecule has 1 heterocycles. The molecule has 29 heavy (non-hydrogen) atoms. The molecular weight excluding hydrogens is 452 g/mol. The minimum absolute atomic E-state index is 0.0360. The monoisotopic (exact) mass is 470 g/mol. The highest BCUT2D eigenvalue weighted by atomic mass is 79.9. The van der Waals surface area contributed by atoms with Gasteiger partial charge in [-0.15, -0.1) is 0 Å². The number of hydrogen-bond donors (Lipinski definition) is 1. The molecule has 1 fully saturated rings. The number of piperazine rings is 1. The van der Waals surface area contributed by atoms with Gasteiger partial charge in [0.15, 0.2) is 0 Å². The zero-order valence-electron chi connectivity index (χ0n) is 15.5. The Morgan fingerprint density at radius 1 is 0.897 bits per heavy atom. The van der Waals surface area contributed by atoms with Gasteiger partial charge in [-0.3, -0.25) is 4.79 Å². The van der Waals surface area contributed by atoms with E-state index < -0.39 is 9.84 Å². The second kappa shape index (κ2) is 8.10. The number of rotatable bonds is 4. The third-order valence-electron chi connectivity index (χ3n) is 4.85. The van der Waals surface area contributed by atoms with E-state index in [1.807, 2.05) is 24.3 Å². The van der Waals surface area contributed by atoms with E-state index >= 15 is 0 Å². The van der Waals surface area contributed by atoms with E-state index in [9.17, 15) is 13.2 Å². The van der Waals surface area contributed by atoms with Crippen LogP contribution in [-0.4, -0.2) is 34.0 Å². The summed E-state index contributed by atoms with van der Waals surface area (Å²) in [4.78, 5) is 14.6. The normalized spacial score (nSPS) is 14.8. The Labute approximate surface area is 178 Å². The van der Waals surface area contributed by atoms with Crippen molar-refractivity contribution >= 4 is 37.4 Å². The average molecular weight is 471 g/mol. The Balaban J connectivity index is 1.89. The predicted octanol–water partition coefficient (Wildman–Crippen LogP) is 3.89. The van der Waals surface area contributed by atoms with E-state index in [0.717, 1.165) is 10.0 Å². The van der Waals surface area contributed by atoms with E-state index in [1.54, 1.807) is 53.4 Å². The number of halogens is 1. The van der Waals surface area contributed by atoms with Gasteiger partial charge in [-0.05, 0) is 48.0 Å². The van der Waals surface area contributed by atoms with Crippen LogP contribution in [0, 0.1) is 0 Å². The Kier molecular flexibility index (Phi) is 5.54. The molecule has 0 radical (unpaired) electrons. The van der Waals surface area contributed by atoms with E-state index in [2.05, 4.69) is 21.2 Å². The van der Waals surface area contributed by atoms with Crippen LogP contribution in [0.4, 0.5) is 5.69 Å². The second-order valence-corrected chi connectivity index (χ2v) is 9.59. The Morgan fingerprint density at radius 3 is 2.41 bits per heavy atom. The van der Waals surface area contributed by atoms with Crippen molar-refractivity contribution in [1.29, 1.82) is 0 Å². The topological polar surface area (TPSA) is 66.5 Å². The molecule has 0 bridgehead atoms. The Hall–Kier alpha value is -2.48. The van der Waals surface area contributed by atoms with Crippen LogP contribution in [0.25, 0.3) is 11.1 Å². The van der Waals surface area contributed by atoms with E-state index in [-0.39, 0.29) is 22.2 Å². The molecule has 148 valence electrons. The molecule has 4 rings (SSSR count). The summed E-state index contributed by atoms with van der Waals surface area (Å²) in [5, 5.41) is 3.07. The van der Waals surface area contributed by atoms with Gasteiger partial charge in [0, 0.05) is 23.1 Å². The predicted molar refractivity (Wildman–Crippen MR) is 117 cm³/mol. The highest BCUT2D eigenvalue weighted by molar-refractivity contribution is 9.10. The highest BCUT2D eigenvalue weighted by Crippen LogP contribution is 2.36. The molecule has 3 aromatic rings. The summed E-state index contributed by atoms with van der Waals surface area (Å²) >= 11 is 3.48. The zero-order valence-corrected chi connectivity index (χ0v) is 17.9. The van der Waals surface area contributed by atoms with Crippen LogP contribution >= 0.6 is 15.9 Å². The van der Waals surface area contributed by atoms with Gasteiger partial charge in [0.1, 0.15) is 0 Å². The van der Waals surface area contributed by atoms with Crippen molar-refractivity contribution < 1.29 is 13.2 Å². The van der Waals surface area contributed by atoms with Crippen molar-refractivity contribution in [3.63, 3.8) is 0 Å². The lowest BCUT2D eigenvalue weighted by molar-refractivity contribution is -0.118. The van der Waals surface area contributed by atoms with Gasteiger partial charge in [0.2, 0.25) is 15.7 Å². The number of hydrogen-bond acceptors (Lipinski definition) is 4. The smallest absolute Gasteiger partial charge is 0.241 e. The van der Waals surface area contributed by atoms with E-state index in [0.29, 0.717) is 24.3 Å². The first-order chi connectivity index (χ1) is 14.0. The lowest BCUT2D eigenvalue weighted by atomic mass is 10.0. The van der Waals surface area contributed by atoms with Crippen LogP contribution < -0.4 is 10.2 Å². The number of anilines is 1. The summed E-state index contributed by atoms with van der Waals surface area (Å²) in [5.41, 5.74) is 2.26.